The van der Waals surface area contributed by atoms with Crippen molar-refractivity contribution in [2.75, 3.05) is 0 Å². The van der Waals surface area contributed by atoms with E-state index in [1.807, 2.05) is 30.3 Å². The predicted molar refractivity (Wildman–Crippen MR) is 85.5 cm³/mol. The summed E-state index contributed by atoms with van der Waals surface area (Å²) in [5.41, 5.74) is 3.90. The third-order valence-corrected chi connectivity index (χ3v) is 3.09. The minimum Gasteiger partial charge on any atom is -0.351 e. The number of nitrogens with zero attached hydrogens (tertiary/aromatic N) is 1. The minimum absolute atomic E-state index is 0.0915. The van der Waals surface area contributed by atoms with Crippen LogP contribution in [-0.4, -0.2) is 17.0 Å². The quantitative estimate of drug-likeness (QED) is 0.798. The lowest BCUT2D eigenvalue weighted by molar-refractivity contribution is -0.159. The van der Waals surface area contributed by atoms with Gasteiger partial charge in [-0.15, -0.1) is 0 Å². The van der Waals surface area contributed by atoms with Gasteiger partial charge >= 0.3 is 12.0 Å². The molecule has 0 spiro atoms. The summed E-state index contributed by atoms with van der Waals surface area (Å²) in [4.78, 5) is 27.9. The number of amides is 2. The van der Waals surface area contributed by atoms with Crippen molar-refractivity contribution in [1.29, 1.82) is 0 Å². The molecule has 0 bridgehead atoms. The van der Waals surface area contributed by atoms with Crippen LogP contribution in [0.4, 0.5) is 9.18 Å². The predicted octanol–water partition coefficient (Wildman–Crippen LogP) is 2.52. The Bertz CT molecular complexity index is 677. The molecule has 0 aliphatic carbocycles. The van der Waals surface area contributed by atoms with Gasteiger partial charge in [-0.3, -0.25) is 4.79 Å². The molecule has 0 aliphatic heterocycles. The topological polar surface area (TPSA) is 70.7 Å². The summed E-state index contributed by atoms with van der Waals surface area (Å²) in [7, 11) is 0. The molecule has 0 fully saturated rings. The molecule has 2 aromatic carbocycles. The van der Waals surface area contributed by atoms with Crippen LogP contribution >= 0.6 is 0 Å². The van der Waals surface area contributed by atoms with E-state index in [0.29, 0.717) is 12.1 Å². The van der Waals surface area contributed by atoms with Crippen LogP contribution in [0.1, 0.15) is 18.1 Å². The highest BCUT2D eigenvalue weighted by Crippen LogP contribution is 2.06. The molecule has 24 heavy (non-hydrogen) atoms. The number of benzene rings is 2. The van der Waals surface area contributed by atoms with Crippen LogP contribution in [0.5, 0.6) is 0 Å². The van der Waals surface area contributed by atoms with Crippen LogP contribution < -0.4 is 10.9 Å². The molecular formula is C17H18FN3O3. The van der Waals surface area contributed by atoms with E-state index in [4.69, 9.17) is 0 Å². The number of urea groups is 1. The van der Waals surface area contributed by atoms with Crippen LogP contribution in [0.3, 0.4) is 0 Å². The van der Waals surface area contributed by atoms with E-state index >= 15 is 0 Å². The van der Waals surface area contributed by atoms with Crippen LogP contribution in [0.15, 0.2) is 54.6 Å². The van der Waals surface area contributed by atoms with E-state index in [9.17, 15) is 14.0 Å². The Morgan fingerprint density at radius 2 is 1.71 bits per heavy atom. The first kappa shape index (κ1) is 17.4. The zero-order valence-electron chi connectivity index (χ0n) is 13.2. The number of rotatable bonds is 6. The second-order valence-corrected chi connectivity index (χ2v) is 5.04. The number of carbonyl (C=O) groups is 2. The number of halogens is 1. The van der Waals surface area contributed by atoms with Crippen LogP contribution in [0.25, 0.3) is 0 Å². The lowest BCUT2D eigenvalue weighted by Gasteiger charge is -2.22. The van der Waals surface area contributed by atoms with Crippen molar-refractivity contribution in [2.45, 2.75) is 20.0 Å². The Balaban J connectivity index is 1.99. The van der Waals surface area contributed by atoms with Gasteiger partial charge in [0, 0.05) is 13.5 Å². The van der Waals surface area contributed by atoms with E-state index in [2.05, 4.69) is 15.7 Å². The Morgan fingerprint density at radius 3 is 2.33 bits per heavy atom. The van der Waals surface area contributed by atoms with Gasteiger partial charge in [-0.05, 0) is 23.3 Å². The van der Waals surface area contributed by atoms with Gasteiger partial charge in [0.05, 0.1) is 6.54 Å². The van der Waals surface area contributed by atoms with Crippen LogP contribution in [0, 0.1) is 5.82 Å². The van der Waals surface area contributed by atoms with E-state index in [1.165, 1.54) is 19.1 Å². The molecule has 2 rings (SSSR count). The average molecular weight is 331 g/mol. The fraction of sp³-hybridized carbons (Fsp3) is 0.176. The highest BCUT2D eigenvalue weighted by Gasteiger charge is 2.15. The van der Waals surface area contributed by atoms with Crippen molar-refractivity contribution in [1.82, 2.24) is 15.9 Å². The lowest BCUT2D eigenvalue weighted by Crippen LogP contribution is -2.48. The molecule has 6 nitrogen and oxygen atoms in total. The Hall–Kier alpha value is -2.93. The third kappa shape index (κ3) is 5.69. The van der Waals surface area contributed by atoms with E-state index in [0.717, 1.165) is 10.6 Å². The number of hydrogen-bond donors (Lipinski definition) is 2. The molecule has 2 aromatic rings. The molecule has 7 heteroatoms. The maximum atomic E-state index is 13.0. The van der Waals surface area contributed by atoms with Crippen molar-refractivity contribution < 1.29 is 18.8 Å². The van der Waals surface area contributed by atoms with Gasteiger partial charge in [-0.1, -0.05) is 48.1 Å². The summed E-state index contributed by atoms with van der Waals surface area (Å²) >= 11 is 0. The lowest BCUT2D eigenvalue weighted by atomic mass is 10.2. The SMILES string of the molecule is CC(=O)ONN(Cc1ccc(F)cc1)C(=O)NCc1ccccc1. The third-order valence-electron chi connectivity index (χ3n) is 3.09. The first-order chi connectivity index (χ1) is 11.5. The van der Waals surface area contributed by atoms with Gasteiger partial charge in [-0.25, -0.2) is 14.2 Å². The van der Waals surface area contributed by atoms with Crippen molar-refractivity contribution in [3.63, 3.8) is 0 Å². The van der Waals surface area contributed by atoms with Crippen molar-refractivity contribution in [2.24, 2.45) is 0 Å². The molecule has 2 N–H and O–H groups in total. The van der Waals surface area contributed by atoms with Crippen molar-refractivity contribution in [3.05, 3.63) is 71.5 Å². The molecule has 0 atom stereocenters. The molecule has 0 radical (unpaired) electrons. The Morgan fingerprint density at radius 1 is 1.04 bits per heavy atom. The molecule has 0 saturated heterocycles. The summed E-state index contributed by atoms with van der Waals surface area (Å²) in [6.45, 7) is 1.63. The monoisotopic (exact) mass is 331 g/mol. The van der Waals surface area contributed by atoms with Crippen LogP contribution in [-0.2, 0) is 22.7 Å². The van der Waals surface area contributed by atoms with E-state index in [-0.39, 0.29) is 12.4 Å². The van der Waals surface area contributed by atoms with Crippen LogP contribution in [0.2, 0.25) is 0 Å². The zero-order valence-corrected chi connectivity index (χ0v) is 13.2. The molecule has 0 aromatic heterocycles. The van der Waals surface area contributed by atoms with Gasteiger partial charge in [0.15, 0.2) is 0 Å². The van der Waals surface area contributed by atoms with Gasteiger partial charge in [0.2, 0.25) is 0 Å². The van der Waals surface area contributed by atoms with Crippen molar-refractivity contribution >= 4 is 12.0 Å². The second-order valence-electron chi connectivity index (χ2n) is 5.04. The number of nitrogens with one attached hydrogen (secondary N) is 2. The zero-order chi connectivity index (χ0) is 17.4. The smallest absolute Gasteiger partial charge is 0.334 e. The summed E-state index contributed by atoms with van der Waals surface area (Å²) in [6.07, 6.45) is 0. The number of carbonyl (C=O) groups excluding carboxylic acids is 2. The van der Waals surface area contributed by atoms with E-state index < -0.39 is 12.0 Å². The summed E-state index contributed by atoms with van der Waals surface area (Å²) < 4.78 is 13.0. The molecule has 0 aliphatic rings. The molecule has 0 heterocycles. The highest BCUT2D eigenvalue weighted by atomic mass is 19.1. The maximum absolute atomic E-state index is 13.0. The average Bonchev–Trinajstić information content (AvgIpc) is 2.59. The Labute approximate surface area is 139 Å². The first-order valence-electron chi connectivity index (χ1n) is 7.31. The molecule has 0 unspecified atom stereocenters. The van der Waals surface area contributed by atoms with Gasteiger partial charge in [-0.2, -0.15) is 0 Å². The van der Waals surface area contributed by atoms with Gasteiger partial charge in [0.1, 0.15) is 5.82 Å². The fourth-order valence-corrected chi connectivity index (χ4v) is 1.91. The summed E-state index contributed by atoms with van der Waals surface area (Å²) in [6, 6.07) is 14.6. The standard InChI is InChI=1S/C17H18FN3O3/c1-13(22)24-20-21(12-15-7-9-16(18)10-8-15)17(23)19-11-14-5-3-2-4-6-14/h2-10,20H,11-12H2,1H3,(H,19,23). The number of hydrazine groups is 1. The molecular weight excluding hydrogens is 313 g/mol. The molecule has 0 saturated carbocycles. The normalized spacial score (nSPS) is 10.1. The fourth-order valence-electron chi connectivity index (χ4n) is 1.91. The highest BCUT2D eigenvalue weighted by molar-refractivity contribution is 5.74. The summed E-state index contributed by atoms with van der Waals surface area (Å²) in [5.74, 6) is -0.957. The molecule has 126 valence electrons. The van der Waals surface area contributed by atoms with Gasteiger partial charge in [0.25, 0.3) is 0 Å². The maximum Gasteiger partial charge on any atom is 0.334 e. The van der Waals surface area contributed by atoms with E-state index in [1.54, 1.807) is 12.1 Å². The number of hydrogen-bond acceptors (Lipinski definition) is 4. The molecule has 2 amide bonds. The minimum atomic E-state index is -0.588. The first-order valence-corrected chi connectivity index (χ1v) is 7.31. The Kier molecular flexibility index (Phi) is 6.27. The second kappa shape index (κ2) is 8.64. The summed E-state index contributed by atoms with van der Waals surface area (Å²) in [5, 5.41) is 3.81. The van der Waals surface area contributed by atoms with Crippen molar-refractivity contribution in [3.8, 4) is 0 Å². The van der Waals surface area contributed by atoms with Gasteiger partial charge < -0.3 is 10.2 Å². The largest absolute Gasteiger partial charge is 0.351 e.